The first-order chi connectivity index (χ1) is 9.99. The molecule has 2 rings (SSSR count). The lowest BCUT2D eigenvalue weighted by molar-refractivity contribution is 0.596. The van der Waals surface area contributed by atoms with Crippen LogP contribution in [0.4, 0.5) is 5.69 Å². The molecular weight excluding hydrogens is 368 g/mol. The van der Waals surface area contributed by atoms with Crippen LogP contribution < -0.4 is 9.86 Å². The molecule has 1 heterocycles. The maximum atomic E-state index is 11.6. The second kappa shape index (κ2) is 5.77. The van der Waals surface area contributed by atoms with Gasteiger partial charge in [0.2, 0.25) is 20.0 Å². The van der Waals surface area contributed by atoms with Crippen LogP contribution in [0.2, 0.25) is 0 Å². The molecule has 1 aromatic carbocycles. The second-order valence-electron chi connectivity index (χ2n) is 4.38. The van der Waals surface area contributed by atoms with Crippen molar-refractivity contribution >= 4 is 49.7 Å². The van der Waals surface area contributed by atoms with Gasteiger partial charge in [0.05, 0.1) is 22.4 Å². The number of nitrogens with zero attached hydrogens (tertiary/aromatic N) is 2. The average Bonchev–Trinajstić information content (AvgIpc) is 2.71. The Morgan fingerprint density at radius 3 is 2.32 bits per heavy atom. The predicted octanol–water partition coefficient (Wildman–Crippen LogP) is 0.821. The highest BCUT2D eigenvalue weighted by atomic mass is 32.2. The zero-order chi connectivity index (χ0) is 16.7. The molecule has 0 amide bonds. The standard InChI is InChI=1S/C10H12N4O4S4/c1-5-12-13-10(20-5)8-6(14-21(2,15)16)3-4-7(9(8)19)22(11,17)18/h3-4,14,19H,1-2H3,(H2,11,17,18). The highest BCUT2D eigenvalue weighted by molar-refractivity contribution is 7.92. The van der Waals surface area contributed by atoms with Crippen LogP contribution in [0, 0.1) is 6.92 Å². The Hall–Kier alpha value is -1.21. The molecule has 1 aromatic heterocycles. The maximum Gasteiger partial charge on any atom is 0.239 e. The molecule has 0 aliphatic heterocycles. The van der Waals surface area contributed by atoms with Crippen molar-refractivity contribution in [2.75, 3.05) is 11.0 Å². The van der Waals surface area contributed by atoms with Gasteiger partial charge in [0, 0.05) is 4.90 Å². The maximum absolute atomic E-state index is 11.6. The summed E-state index contributed by atoms with van der Waals surface area (Å²) in [5.41, 5.74) is 0.363. The first kappa shape index (κ1) is 17.1. The summed E-state index contributed by atoms with van der Waals surface area (Å²) < 4.78 is 48.4. The number of thiol groups is 1. The van der Waals surface area contributed by atoms with Crippen LogP contribution in [0.1, 0.15) is 5.01 Å². The van der Waals surface area contributed by atoms with E-state index in [9.17, 15) is 16.8 Å². The van der Waals surface area contributed by atoms with Crippen LogP contribution in [0.15, 0.2) is 21.9 Å². The minimum Gasteiger partial charge on any atom is -0.283 e. The van der Waals surface area contributed by atoms with E-state index >= 15 is 0 Å². The van der Waals surface area contributed by atoms with Crippen LogP contribution in [0.3, 0.4) is 0 Å². The molecule has 22 heavy (non-hydrogen) atoms. The first-order valence-corrected chi connectivity index (χ1v) is 10.4. The molecule has 0 radical (unpaired) electrons. The van der Waals surface area contributed by atoms with Gasteiger partial charge in [-0.3, -0.25) is 4.72 Å². The van der Waals surface area contributed by atoms with E-state index in [1.165, 1.54) is 23.5 Å². The van der Waals surface area contributed by atoms with Crippen molar-refractivity contribution in [3.05, 3.63) is 17.1 Å². The van der Waals surface area contributed by atoms with Gasteiger partial charge >= 0.3 is 0 Å². The van der Waals surface area contributed by atoms with E-state index in [2.05, 4.69) is 27.5 Å². The quantitative estimate of drug-likeness (QED) is 0.673. The molecule has 120 valence electrons. The van der Waals surface area contributed by atoms with Gasteiger partial charge < -0.3 is 0 Å². The molecule has 2 aromatic rings. The fourth-order valence-corrected chi connectivity index (χ4v) is 4.41. The summed E-state index contributed by atoms with van der Waals surface area (Å²) >= 11 is 5.36. The van der Waals surface area contributed by atoms with Gasteiger partial charge in [-0.05, 0) is 19.1 Å². The van der Waals surface area contributed by atoms with Gasteiger partial charge in [0.1, 0.15) is 5.01 Å². The summed E-state index contributed by atoms with van der Waals surface area (Å²) in [5, 5.41) is 13.9. The molecule has 12 heteroatoms. The lowest BCUT2D eigenvalue weighted by Gasteiger charge is -2.13. The minimum atomic E-state index is -4.01. The van der Waals surface area contributed by atoms with Crippen molar-refractivity contribution in [1.29, 1.82) is 0 Å². The van der Waals surface area contributed by atoms with Crippen LogP contribution in [0.25, 0.3) is 10.6 Å². The van der Waals surface area contributed by atoms with Gasteiger partial charge in [-0.1, -0.05) is 11.3 Å². The Labute approximate surface area is 137 Å². The summed E-state index contributed by atoms with van der Waals surface area (Å²) in [6, 6.07) is 2.48. The van der Waals surface area contributed by atoms with Crippen LogP contribution >= 0.6 is 24.0 Å². The molecule has 0 unspecified atom stereocenters. The highest BCUT2D eigenvalue weighted by Crippen LogP contribution is 2.39. The zero-order valence-electron chi connectivity index (χ0n) is 11.4. The third kappa shape index (κ3) is 3.76. The lowest BCUT2D eigenvalue weighted by atomic mass is 10.2. The SMILES string of the molecule is Cc1nnc(-c2c(NS(C)(=O)=O)ccc(S(N)(=O)=O)c2S)s1. The lowest BCUT2D eigenvalue weighted by Crippen LogP contribution is -2.15. The molecular formula is C10H12N4O4S4. The number of benzene rings is 1. The topological polar surface area (TPSA) is 132 Å². The van der Waals surface area contributed by atoms with E-state index in [4.69, 9.17) is 5.14 Å². The number of hydrogen-bond acceptors (Lipinski definition) is 8. The molecule has 0 atom stereocenters. The molecule has 8 nitrogen and oxygen atoms in total. The number of aryl methyl sites for hydroxylation is 1. The number of rotatable bonds is 4. The molecule has 0 spiro atoms. The van der Waals surface area contributed by atoms with Crippen molar-refractivity contribution in [1.82, 2.24) is 10.2 Å². The predicted molar refractivity (Wildman–Crippen MR) is 87.2 cm³/mol. The third-order valence-electron chi connectivity index (χ3n) is 2.48. The van der Waals surface area contributed by atoms with Gasteiger partial charge in [0.15, 0.2) is 5.01 Å². The summed E-state index contributed by atoms with van der Waals surface area (Å²) in [5.74, 6) is 0. The number of primary sulfonamides is 1. The summed E-state index contributed by atoms with van der Waals surface area (Å²) in [6.45, 7) is 1.71. The summed E-state index contributed by atoms with van der Waals surface area (Å²) in [7, 11) is -7.59. The fraction of sp³-hybridized carbons (Fsp3) is 0.200. The monoisotopic (exact) mass is 380 g/mol. The Balaban J connectivity index is 2.79. The van der Waals surface area contributed by atoms with Gasteiger partial charge in [-0.2, -0.15) is 0 Å². The molecule has 0 aliphatic rings. The van der Waals surface area contributed by atoms with E-state index in [1.54, 1.807) is 6.92 Å². The van der Waals surface area contributed by atoms with Gasteiger partial charge in [0.25, 0.3) is 0 Å². The Morgan fingerprint density at radius 1 is 1.23 bits per heavy atom. The van der Waals surface area contributed by atoms with Gasteiger partial charge in [-0.25, -0.2) is 22.0 Å². The molecule has 0 bridgehead atoms. The molecule has 0 fully saturated rings. The van der Waals surface area contributed by atoms with Crippen LogP contribution in [0.5, 0.6) is 0 Å². The van der Waals surface area contributed by atoms with E-state index in [1.807, 2.05) is 0 Å². The number of nitrogens with one attached hydrogen (secondary N) is 1. The van der Waals surface area contributed by atoms with Gasteiger partial charge in [-0.15, -0.1) is 22.8 Å². The Bertz CT molecular complexity index is 934. The number of hydrogen-bond donors (Lipinski definition) is 3. The summed E-state index contributed by atoms with van der Waals surface area (Å²) in [4.78, 5) is -0.218. The van der Waals surface area contributed by atoms with E-state index in [0.29, 0.717) is 10.0 Å². The smallest absolute Gasteiger partial charge is 0.239 e. The molecule has 0 aliphatic carbocycles. The molecule has 0 saturated carbocycles. The molecule has 3 N–H and O–H groups in total. The van der Waals surface area contributed by atoms with Crippen molar-refractivity contribution in [2.45, 2.75) is 16.7 Å². The largest absolute Gasteiger partial charge is 0.283 e. The van der Waals surface area contributed by atoms with E-state index < -0.39 is 20.0 Å². The Kier molecular flexibility index (Phi) is 4.50. The van der Waals surface area contributed by atoms with Crippen LogP contribution in [-0.4, -0.2) is 33.3 Å². The fourth-order valence-electron chi connectivity index (χ4n) is 1.70. The van der Waals surface area contributed by atoms with Crippen molar-refractivity contribution in [3.63, 3.8) is 0 Å². The number of anilines is 1. The highest BCUT2D eigenvalue weighted by Gasteiger charge is 2.22. The Morgan fingerprint density at radius 2 is 1.86 bits per heavy atom. The van der Waals surface area contributed by atoms with Crippen molar-refractivity contribution in [2.24, 2.45) is 5.14 Å². The average molecular weight is 380 g/mol. The number of nitrogens with two attached hydrogens (primary N) is 1. The van der Waals surface area contributed by atoms with Crippen molar-refractivity contribution < 1.29 is 16.8 Å². The summed E-state index contributed by atoms with van der Waals surface area (Å²) in [6.07, 6.45) is 0.980. The minimum absolute atomic E-state index is 0.00676. The van der Waals surface area contributed by atoms with Crippen molar-refractivity contribution in [3.8, 4) is 10.6 Å². The second-order valence-corrected chi connectivity index (χ2v) is 9.29. The third-order valence-corrected chi connectivity index (χ3v) is 5.50. The number of aromatic nitrogens is 2. The van der Waals surface area contributed by atoms with E-state index in [-0.39, 0.29) is 21.0 Å². The first-order valence-electron chi connectivity index (χ1n) is 5.66. The molecule has 0 saturated heterocycles. The van der Waals surface area contributed by atoms with E-state index in [0.717, 1.165) is 6.26 Å². The zero-order valence-corrected chi connectivity index (χ0v) is 14.8. The normalized spacial score (nSPS) is 12.4. The van der Waals surface area contributed by atoms with Crippen LogP contribution in [-0.2, 0) is 20.0 Å². The number of sulfonamides is 2.